The highest BCUT2D eigenvalue weighted by molar-refractivity contribution is 5.51. The SMILES string of the molecule is [CH2]/C=C/c1cccc(OC(C)[N+](C)(C)C)c1. The average Bonchev–Trinajstić information content (AvgIpc) is 2.17. The Bertz CT molecular complexity index is 363. The molecule has 0 heterocycles. The summed E-state index contributed by atoms with van der Waals surface area (Å²) in [4.78, 5) is 0. The highest BCUT2D eigenvalue weighted by Gasteiger charge is 2.19. The summed E-state index contributed by atoms with van der Waals surface area (Å²) in [6, 6.07) is 8.03. The number of rotatable bonds is 4. The molecule has 1 radical (unpaired) electrons. The van der Waals surface area contributed by atoms with Crippen molar-refractivity contribution in [3.63, 3.8) is 0 Å². The van der Waals surface area contributed by atoms with Crippen molar-refractivity contribution in [3.05, 3.63) is 42.8 Å². The van der Waals surface area contributed by atoms with Crippen molar-refractivity contribution in [1.29, 1.82) is 0 Å². The maximum Gasteiger partial charge on any atom is 0.230 e. The summed E-state index contributed by atoms with van der Waals surface area (Å²) in [7, 11) is 6.35. The lowest BCUT2D eigenvalue weighted by atomic mass is 10.2. The van der Waals surface area contributed by atoms with E-state index in [9.17, 15) is 0 Å². The summed E-state index contributed by atoms with van der Waals surface area (Å²) in [5, 5.41) is 0. The fourth-order valence-corrected chi connectivity index (χ4v) is 1.18. The second kappa shape index (κ2) is 5.17. The number of hydrogen-bond donors (Lipinski definition) is 0. The predicted molar refractivity (Wildman–Crippen MR) is 69.0 cm³/mol. The van der Waals surface area contributed by atoms with Crippen molar-refractivity contribution >= 4 is 6.08 Å². The quantitative estimate of drug-likeness (QED) is 0.559. The first-order chi connectivity index (χ1) is 7.43. The molecule has 0 aromatic heterocycles. The highest BCUT2D eigenvalue weighted by Crippen LogP contribution is 2.17. The molecule has 2 heteroatoms. The molecule has 0 aliphatic heterocycles. The molecule has 0 spiro atoms. The zero-order chi connectivity index (χ0) is 12.2. The van der Waals surface area contributed by atoms with Crippen molar-refractivity contribution in [2.45, 2.75) is 13.2 Å². The second-order valence-corrected chi connectivity index (χ2v) is 4.81. The summed E-state index contributed by atoms with van der Waals surface area (Å²) in [5.74, 6) is 0.899. The molecule has 2 nitrogen and oxygen atoms in total. The summed E-state index contributed by atoms with van der Waals surface area (Å²) in [5.41, 5.74) is 1.11. The Morgan fingerprint density at radius 3 is 2.56 bits per heavy atom. The van der Waals surface area contributed by atoms with E-state index in [1.54, 1.807) is 6.08 Å². The van der Waals surface area contributed by atoms with Gasteiger partial charge in [-0.2, -0.15) is 0 Å². The molecule has 0 amide bonds. The van der Waals surface area contributed by atoms with Gasteiger partial charge in [-0.05, 0) is 24.6 Å². The van der Waals surface area contributed by atoms with Crippen LogP contribution in [0.25, 0.3) is 6.08 Å². The van der Waals surface area contributed by atoms with Gasteiger partial charge in [-0.15, -0.1) is 0 Å². The van der Waals surface area contributed by atoms with Crippen LogP contribution < -0.4 is 4.74 Å². The average molecular weight is 219 g/mol. The Kier molecular flexibility index (Phi) is 4.13. The van der Waals surface area contributed by atoms with E-state index in [0.29, 0.717) is 0 Å². The fourth-order valence-electron chi connectivity index (χ4n) is 1.18. The monoisotopic (exact) mass is 219 g/mol. The van der Waals surface area contributed by atoms with Crippen LogP contribution in [0, 0.1) is 6.92 Å². The van der Waals surface area contributed by atoms with Gasteiger partial charge >= 0.3 is 0 Å². The number of nitrogens with zero attached hydrogens (tertiary/aromatic N) is 1. The van der Waals surface area contributed by atoms with Crippen LogP contribution in [0.1, 0.15) is 12.5 Å². The minimum absolute atomic E-state index is 0.124. The Morgan fingerprint density at radius 2 is 2.00 bits per heavy atom. The Morgan fingerprint density at radius 1 is 1.31 bits per heavy atom. The van der Waals surface area contributed by atoms with Crippen molar-refractivity contribution in [3.8, 4) is 5.75 Å². The van der Waals surface area contributed by atoms with Gasteiger partial charge in [0.05, 0.1) is 21.1 Å². The summed E-state index contributed by atoms with van der Waals surface area (Å²) >= 11 is 0. The minimum Gasteiger partial charge on any atom is -0.443 e. The molecule has 16 heavy (non-hydrogen) atoms. The lowest BCUT2D eigenvalue weighted by Crippen LogP contribution is -2.46. The van der Waals surface area contributed by atoms with Gasteiger partial charge in [0.2, 0.25) is 6.23 Å². The van der Waals surface area contributed by atoms with Gasteiger partial charge in [0.25, 0.3) is 0 Å². The van der Waals surface area contributed by atoms with E-state index in [2.05, 4.69) is 35.0 Å². The minimum atomic E-state index is 0.124. The van der Waals surface area contributed by atoms with Crippen molar-refractivity contribution in [2.75, 3.05) is 21.1 Å². The van der Waals surface area contributed by atoms with E-state index in [1.807, 2.05) is 30.3 Å². The van der Waals surface area contributed by atoms with Gasteiger partial charge < -0.3 is 4.74 Å². The summed E-state index contributed by atoms with van der Waals surface area (Å²) < 4.78 is 6.66. The molecule has 0 aliphatic rings. The van der Waals surface area contributed by atoms with Crippen LogP contribution >= 0.6 is 0 Å². The zero-order valence-corrected chi connectivity index (χ0v) is 10.6. The molecule has 0 aliphatic carbocycles. The third-order valence-corrected chi connectivity index (χ3v) is 2.57. The van der Waals surface area contributed by atoms with E-state index in [0.717, 1.165) is 15.8 Å². The van der Waals surface area contributed by atoms with Gasteiger partial charge in [0.1, 0.15) is 5.75 Å². The maximum absolute atomic E-state index is 5.88. The first-order valence-corrected chi connectivity index (χ1v) is 5.47. The van der Waals surface area contributed by atoms with Gasteiger partial charge in [0.15, 0.2) is 0 Å². The van der Waals surface area contributed by atoms with Gasteiger partial charge in [-0.25, -0.2) is 0 Å². The Labute approximate surface area is 98.7 Å². The molecule has 1 rings (SSSR count). The summed E-state index contributed by atoms with van der Waals surface area (Å²) in [6.45, 7) is 5.76. The van der Waals surface area contributed by atoms with E-state index in [1.165, 1.54) is 0 Å². The Balaban J connectivity index is 2.78. The van der Waals surface area contributed by atoms with Crippen LogP contribution in [-0.4, -0.2) is 31.9 Å². The fraction of sp³-hybridized carbons (Fsp3) is 0.357. The topological polar surface area (TPSA) is 9.23 Å². The zero-order valence-electron chi connectivity index (χ0n) is 10.6. The van der Waals surface area contributed by atoms with Crippen LogP contribution in [0.3, 0.4) is 0 Å². The lowest BCUT2D eigenvalue weighted by Gasteiger charge is -2.31. The third kappa shape index (κ3) is 3.70. The standard InChI is InChI=1S/C14H21NO/c1-6-8-13-9-7-10-14(11-13)16-12(2)15(3,4)5/h6-12H,1H2,2-5H3/q+1/b8-6+. The molecule has 1 aromatic carbocycles. The molecule has 0 N–H and O–H groups in total. The van der Waals surface area contributed by atoms with Gasteiger partial charge in [0, 0.05) is 6.92 Å². The van der Waals surface area contributed by atoms with Crippen molar-refractivity contribution < 1.29 is 9.22 Å². The molecule has 1 aromatic rings. The van der Waals surface area contributed by atoms with E-state index in [-0.39, 0.29) is 6.23 Å². The molecular weight excluding hydrogens is 198 g/mol. The number of benzene rings is 1. The lowest BCUT2D eigenvalue weighted by molar-refractivity contribution is -0.912. The largest absolute Gasteiger partial charge is 0.443 e. The molecule has 0 saturated carbocycles. The van der Waals surface area contributed by atoms with Crippen LogP contribution in [0.5, 0.6) is 5.75 Å². The Hall–Kier alpha value is -1.28. The molecule has 87 valence electrons. The van der Waals surface area contributed by atoms with Crippen LogP contribution in [0.2, 0.25) is 0 Å². The third-order valence-electron chi connectivity index (χ3n) is 2.57. The highest BCUT2D eigenvalue weighted by atomic mass is 16.5. The number of allylic oxidation sites excluding steroid dienone is 1. The molecule has 0 saturated heterocycles. The summed E-state index contributed by atoms with van der Waals surface area (Å²) in [6.07, 6.45) is 3.87. The van der Waals surface area contributed by atoms with Crippen LogP contribution in [0.4, 0.5) is 0 Å². The van der Waals surface area contributed by atoms with Gasteiger partial charge in [-0.3, -0.25) is 4.48 Å². The number of ether oxygens (including phenoxy) is 1. The van der Waals surface area contributed by atoms with E-state index < -0.39 is 0 Å². The first kappa shape index (κ1) is 12.8. The van der Waals surface area contributed by atoms with E-state index in [4.69, 9.17) is 4.74 Å². The normalized spacial score (nSPS) is 14.1. The maximum atomic E-state index is 5.88. The predicted octanol–water partition coefficient (Wildman–Crippen LogP) is 2.96. The van der Waals surface area contributed by atoms with Crippen molar-refractivity contribution in [2.24, 2.45) is 0 Å². The smallest absolute Gasteiger partial charge is 0.230 e. The van der Waals surface area contributed by atoms with Crippen LogP contribution in [0.15, 0.2) is 30.3 Å². The van der Waals surface area contributed by atoms with Crippen molar-refractivity contribution in [1.82, 2.24) is 0 Å². The molecular formula is C14H21NO+. The first-order valence-electron chi connectivity index (χ1n) is 5.47. The van der Waals surface area contributed by atoms with E-state index >= 15 is 0 Å². The van der Waals surface area contributed by atoms with Gasteiger partial charge in [-0.1, -0.05) is 24.3 Å². The number of hydrogen-bond acceptors (Lipinski definition) is 1. The molecule has 1 atom stereocenters. The second-order valence-electron chi connectivity index (χ2n) is 4.81. The molecule has 1 unspecified atom stereocenters. The number of quaternary nitrogens is 1. The van der Waals surface area contributed by atoms with Crippen LogP contribution in [-0.2, 0) is 0 Å². The molecule has 0 fully saturated rings. The molecule has 0 bridgehead atoms.